The van der Waals surface area contributed by atoms with E-state index in [1.165, 1.54) is 19.0 Å². The largest absolute Gasteiger partial charge is 1.00 e. The number of carbonyl (C=O) groups is 3. The number of carbonyl (C=O) groups excluding carboxylic acids is 3. The van der Waals surface area contributed by atoms with Crippen LogP contribution in [0.15, 0.2) is 54.6 Å². The SMILES string of the molecule is CC(=O)[O-].CCSOC1CC(O)[C@@H](NC(C)=O)C(C(O)CCNC(=O)c2ccc(-c3ccccc3)cc2)O1.[Na+]. The van der Waals surface area contributed by atoms with E-state index in [2.05, 4.69) is 10.6 Å². The zero-order valence-corrected chi connectivity index (χ0v) is 25.5. The van der Waals surface area contributed by atoms with Gasteiger partial charge in [-0.25, -0.2) is 0 Å². The van der Waals surface area contributed by atoms with Gasteiger partial charge in [-0.15, -0.1) is 0 Å². The average molecular weight is 571 g/mol. The number of carboxylic acids is 1. The van der Waals surface area contributed by atoms with E-state index in [1.54, 1.807) is 12.1 Å². The van der Waals surface area contributed by atoms with Crippen molar-refractivity contribution < 1.29 is 68.2 Å². The molecule has 39 heavy (non-hydrogen) atoms. The second-order valence-corrected chi connectivity index (χ2v) is 9.61. The molecular weight excluding hydrogens is 535 g/mol. The standard InChI is InChI=1S/C25H32N2O6S.C2H4O2.Na/c1-3-34-33-22-15-21(30)23(27-16(2)28)24(32-22)20(29)13-14-26-25(31)19-11-9-18(10-12-19)17-7-5-4-6-8-17;1-2(3)4;/h4-12,20-24,29-30H,3,13-15H2,1-2H3,(H,26,31)(H,27,28);1H3,(H,3,4);/q;;+1/p-1/t20?,21?,22?,23-,24?;;/m1../s1. The summed E-state index contributed by atoms with van der Waals surface area (Å²) in [7, 11) is 0. The Morgan fingerprint density at radius 1 is 1.10 bits per heavy atom. The number of nitrogens with one attached hydrogen (secondary N) is 2. The van der Waals surface area contributed by atoms with E-state index in [0.29, 0.717) is 11.3 Å². The Balaban J connectivity index is 0.00000142. The van der Waals surface area contributed by atoms with Crippen LogP contribution in [0.2, 0.25) is 0 Å². The number of carboxylic acid groups (broad SMARTS) is 1. The van der Waals surface area contributed by atoms with E-state index < -0.39 is 36.6 Å². The minimum absolute atomic E-state index is 0. The van der Waals surface area contributed by atoms with E-state index >= 15 is 0 Å². The fourth-order valence-corrected chi connectivity index (χ4v) is 4.28. The number of hydrogen-bond acceptors (Lipinski definition) is 9. The Hall–Kier alpha value is -1.96. The monoisotopic (exact) mass is 570 g/mol. The molecule has 0 bridgehead atoms. The zero-order valence-electron chi connectivity index (χ0n) is 22.7. The normalized spacial score (nSPS) is 20.8. The first kappa shape index (κ1) is 35.1. The minimum atomic E-state index is -1.08. The molecule has 10 nitrogen and oxygen atoms in total. The molecule has 4 unspecified atom stereocenters. The summed E-state index contributed by atoms with van der Waals surface area (Å²) in [6.07, 6.45) is -3.20. The van der Waals surface area contributed by atoms with Crippen LogP contribution < -0.4 is 45.3 Å². The summed E-state index contributed by atoms with van der Waals surface area (Å²) < 4.78 is 11.4. The number of amides is 2. The Morgan fingerprint density at radius 3 is 2.26 bits per heavy atom. The molecule has 2 aromatic carbocycles. The fraction of sp³-hybridized carbons (Fsp3) is 0.444. The molecule has 1 heterocycles. The minimum Gasteiger partial charge on any atom is -0.550 e. The third-order valence-electron chi connectivity index (χ3n) is 5.53. The van der Waals surface area contributed by atoms with Crippen molar-refractivity contribution in [2.24, 2.45) is 0 Å². The maximum Gasteiger partial charge on any atom is 1.00 e. The predicted octanol–water partition coefficient (Wildman–Crippen LogP) is -1.74. The van der Waals surface area contributed by atoms with Crippen molar-refractivity contribution >= 4 is 29.8 Å². The van der Waals surface area contributed by atoms with Crippen molar-refractivity contribution in [1.29, 1.82) is 0 Å². The van der Waals surface area contributed by atoms with Gasteiger partial charge in [-0.3, -0.25) is 13.8 Å². The molecular formula is C27H35N2NaO8S. The van der Waals surface area contributed by atoms with Crippen LogP contribution in [0, 0.1) is 0 Å². The van der Waals surface area contributed by atoms with E-state index in [1.807, 2.05) is 49.4 Å². The molecule has 0 aromatic heterocycles. The summed E-state index contributed by atoms with van der Waals surface area (Å²) in [6.45, 7) is 4.43. The van der Waals surface area contributed by atoms with Crippen LogP contribution >= 0.6 is 12.0 Å². The van der Waals surface area contributed by atoms with Crippen LogP contribution in [-0.4, -0.2) is 70.9 Å². The van der Waals surface area contributed by atoms with Gasteiger partial charge in [0.05, 0.1) is 18.2 Å². The van der Waals surface area contributed by atoms with Crippen molar-refractivity contribution in [2.75, 3.05) is 12.3 Å². The molecule has 1 aliphatic heterocycles. The van der Waals surface area contributed by atoms with Crippen LogP contribution in [0.5, 0.6) is 0 Å². The van der Waals surface area contributed by atoms with Crippen molar-refractivity contribution in [1.82, 2.24) is 10.6 Å². The number of benzene rings is 2. The number of rotatable bonds is 10. The van der Waals surface area contributed by atoms with E-state index in [9.17, 15) is 19.8 Å². The van der Waals surface area contributed by atoms with E-state index in [4.69, 9.17) is 18.8 Å². The molecule has 5 atom stereocenters. The van der Waals surface area contributed by atoms with Crippen molar-refractivity contribution in [2.45, 2.75) is 64.3 Å². The van der Waals surface area contributed by atoms with E-state index in [-0.39, 0.29) is 60.8 Å². The number of ether oxygens (including phenoxy) is 1. The quantitative estimate of drug-likeness (QED) is 0.192. The third kappa shape index (κ3) is 12.4. The van der Waals surface area contributed by atoms with Crippen molar-refractivity contribution in [3.05, 3.63) is 60.2 Å². The first-order valence-corrected chi connectivity index (χ1v) is 13.2. The van der Waals surface area contributed by atoms with Gasteiger partial charge >= 0.3 is 29.6 Å². The molecule has 2 aromatic rings. The second-order valence-electron chi connectivity index (χ2n) is 8.61. The number of hydrogen-bond donors (Lipinski definition) is 4. The maximum atomic E-state index is 12.5. The molecule has 208 valence electrons. The molecule has 0 saturated carbocycles. The predicted molar refractivity (Wildman–Crippen MR) is 142 cm³/mol. The average Bonchev–Trinajstić information content (AvgIpc) is 2.88. The molecule has 12 heteroatoms. The van der Waals surface area contributed by atoms with Gasteiger partial charge in [0.25, 0.3) is 5.91 Å². The Kier molecular flexibility index (Phi) is 16.5. The summed E-state index contributed by atoms with van der Waals surface area (Å²) >= 11 is 1.20. The Morgan fingerprint density at radius 2 is 1.69 bits per heavy atom. The molecule has 1 aliphatic rings. The number of aliphatic carboxylic acids is 1. The van der Waals surface area contributed by atoms with Gasteiger partial charge < -0.3 is 35.5 Å². The second kappa shape index (κ2) is 18.4. The van der Waals surface area contributed by atoms with Crippen molar-refractivity contribution in [3.8, 4) is 11.1 Å². The summed E-state index contributed by atoms with van der Waals surface area (Å²) in [5.41, 5.74) is 2.60. The first-order chi connectivity index (χ1) is 18.1. The molecule has 3 rings (SSSR count). The third-order valence-corrected chi connectivity index (χ3v) is 6.12. The molecule has 0 radical (unpaired) electrons. The molecule has 1 fully saturated rings. The molecule has 2 amide bonds. The fourth-order valence-electron chi connectivity index (χ4n) is 3.87. The Labute approximate surface area is 255 Å². The first-order valence-electron chi connectivity index (χ1n) is 12.3. The van der Waals surface area contributed by atoms with Gasteiger partial charge in [0.15, 0.2) is 6.29 Å². The van der Waals surface area contributed by atoms with Gasteiger partial charge in [-0.1, -0.05) is 49.4 Å². The van der Waals surface area contributed by atoms with Gasteiger partial charge in [-0.05, 0) is 48.6 Å². The van der Waals surface area contributed by atoms with Gasteiger partial charge in [0.1, 0.15) is 6.10 Å². The van der Waals surface area contributed by atoms with Crippen LogP contribution in [0.25, 0.3) is 11.1 Å². The smallest absolute Gasteiger partial charge is 0.550 e. The summed E-state index contributed by atoms with van der Waals surface area (Å²) in [6, 6.07) is 16.4. The van der Waals surface area contributed by atoms with Crippen LogP contribution in [-0.2, 0) is 18.5 Å². The maximum absolute atomic E-state index is 12.5. The van der Waals surface area contributed by atoms with Crippen LogP contribution in [0.3, 0.4) is 0 Å². The van der Waals surface area contributed by atoms with Crippen molar-refractivity contribution in [3.63, 3.8) is 0 Å². The molecule has 0 spiro atoms. The van der Waals surface area contributed by atoms with Crippen LogP contribution in [0.1, 0.15) is 44.0 Å². The van der Waals surface area contributed by atoms with Gasteiger partial charge in [-0.2, -0.15) is 0 Å². The van der Waals surface area contributed by atoms with Gasteiger partial charge in [0, 0.05) is 37.2 Å². The van der Waals surface area contributed by atoms with Crippen LogP contribution in [0.4, 0.5) is 0 Å². The summed E-state index contributed by atoms with van der Waals surface area (Å²) in [5, 5.41) is 35.6. The zero-order chi connectivity index (χ0) is 28.1. The molecule has 0 aliphatic carbocycles. The Bertz CT molecular complexity index is 1020. The molecule has 4 N–H and O–H groups in total. The molecule has 1 saturated heterocycles. The number of aliphatic hydroxyl groups excluding tert-OH is 2. The summed E-state index contributed by atoms with van der Waals surface area (Å²) in [4.78, 5) is 33.0. The number of aliphatic hydroxyl groups is 2. The van der Waals surface area contributed by atoms with E-state index in [0.717, 1.165) is 18.1 Å². The topological polar surface area (TPSA) is 157 Å². The van der Waals surface area contributed by atoms with Gasteiger partial charge in [0.2, 0.25) is 5.91 Å². The summed E-state index contributed by atoms with van der Waals surface area (Å²) in [5.74, 6) is -0.966.